The van der Waals surface area contributed by atoms with Crippen LogP contribution < -0.4 is 16.0 Å². The summed E-state index contributed by atoms with van der Waals surface area (Å²) in [6.07, 6.45) is -9.62. The highest BCUT2D eigenvalue weighted by Crippen LogP contribution is 2.28. The zero-order valence-corrected chi connectivity index (χ0v) is 14.5. The van der Waals surface area contributed by atoms with Crippen LogP contribution in [0.25, 0.3) is 11.0 Å². The Balaban J connectivity index is 2.02. The number of alkyl halides is 6. The first-order valence-corrected chi connectivity index (χ1v) is 7.89. The van der Waals surface area contributed by atoms with Gasteiger partial charge in [0.05, 0.1) is 11.9 Å². The number of ether oxygens (including phenoxy) is 1. The third kappa shape index (κ3) is 4.25. The number of pyridine rings is 1. The summed E-state index contributed by atoms with van der Waals surface area (Å²) in [4.78, 5) is 28.4. The van der Waals surface area contributed by atoms with E-state index < -0.39 is 40.9 Å². The van der Waals surface area contributed by atoms with Crippen molar-refractivity contribution in [2.75, 3.05) is 0 Å². The van der Waals surface area contributed by atoms with E-state index in [1.54, 1.807) is 0 Å². The van der Waals surface area contributed by atoms with Crippen molar-refractivity contribution in [1.29, 1.82) is 0 Å². The van der Waals surface area contributed by atoms with Gasteiger partial charge < -0.3 is 4.74 Å². The Morgan fingerprint density at radius 3 is 2.14 bits per heavy atom. The monoisotopic (exact) mass is 419 g/mol. The van der Waals surface area contributed by atoms with Gasteiger partial charge in [0.2, 0.25) is 0 Å². The summed E-state index contributed by atoms with van der Waals surface area (Å²) in [6.45, 7) is -0.311. The molecule has 2 aromatic heterocycles. The average Bonchev–Trinajstić information content (AvgIpc) is 2.62. The maximum atomic E-state index is 12.8. The highest BCUT2D eigenvalue weighted by molar-refractivity contribution is 5.74. The Labute approximate surface area is 157 Å². The lowest BCUT2D eigenvalue weighted by Gasteiger charge is -2.13. The van der Waals surface area contributed by atoms with Crippen LogP contribution in [0, 0.1) is 0 Å². The fraction of sp³-hybridized carbons (Fsp3) is 0.235. The van der Waals surface area contributed by atoms with E-state index in [1.807, 2.05) is 0 Å². The van der Waals surface area contributed by atoms with Crippen molar-refractivity contribution >= 4 is 11.0 Å². The highest BCUT2D eigenvalue weighted by Gasteiger charge is 2.33. The molecule has 29 heavy (non-hydrogen) atoms. The van der Waals surface area contributed by atoms with Crippen LogP contribution in [0.3, 0.4) is 0 Å². The largest absolute Gasteiger partial charge is 0.573 e. The van der Waals surface area contributed by atoms with Gasteiger partial charge in [0, 0.05) is 7.05 Å². The molecule has 3 rings (SSSR count). The van der Waals surface area contributed by atoms with E-state index in [1.165, 1.54) is 12.1 Å². The van der Waals surface area contributed by atoms with Gasteiger partial charge in [-0.2, -0.15) is 13.2 Å². The fourth-order valence-corrected chi connectivity index (χ4v) is 2.65. The number of aromatic nitrogens is 3. The van der Waals surface area contributed by atoms with Crippen molar-refractivity contribution in [3.05, 3.63) is 68.5 Å². The van der Waals surface area contributed by atoms with Crippen LogP contribution in [0.5, 0.6) is 5.75 Å². The average molecular weight is 419 g/mol. The summed E-state index contributed by atoms with van der Waals surface area (Å²) in [5, 5.41) is -0.211. The quantitative estimate of drug-likeness (QED) is 0.613. The smallest absolute Gasteiger partial charge is 0.406 e. The molecule has 154 valence electrons. The van der Waals surface area contributed by atoms with Crippen molar-refractivity contribution in [1.82, 2.24) is 14.1 Å². The van der Waals surface area contributed by atoms with Crippen LogP contribution in [-0.2, 0) is 19.8 Å². The normalized spacial score (nSPS) is 12.4. The van der Waals surface area contributed by atoms with Gasteiger partial charge in [-0.05, 0) is 29.8 Å². The topological polar surface area (TPSA) is 66.1 Å². The Kier molecular flexibility index (Phi) is 4.89. The first kappa shape index (κ1) is 20.4. The number of hydrogen-bond donors (Lipinski definition) is 0. The molecule has 0 aliphatic carbocycles. The van der Waals surface area contributed by atoms with Crippen LogP contribution in [0.1, 0.15) is 11.3 Å². The molecule has 0 amide bonds. The zero-order chi connectivity index (χ0) is 21.6. The summed E-state index contributed by atoms with van der Waals surface area (Å²) in [5.41, 5.74) is -3.18. The summed E-state index contributed by atoms with van der Waals surface area (Å²) in [5.74, 6) is -0.483. The zero-order valence-electron chi connectivity index (χ0n) is 14.5. The lowest BCUT2D eigenvalue weighted by molar-refractivity contribution is -0.274. The van der Waals surface area contributed by atoms with Crippen molar-refractivity contribution in [3.8, 4) is 5.75 Å². The molecule has 0 atom stereocenters. The minimum atomic E-state index is -4.87. The molecular formula is C17H11F6N3O3. The molecule has 0 spiro atoms. The van der Waals surface area contributed by atoms with E-state index in [4.69, 9.17) is 0 Å². The minimum Gasteiger partial charge on any atom is -0.406 e. The van der Waals surface area contributed by atoms with Gasteiger partial charge in [-0.25, -0.2) is 9.78 Å². The molecule has 1 aromatic carbocycles. The summed E-state index contributed by atoms with van der Waals surface area (Å²) in [7, 11) is 1.16. The number of aryl methyl sites for hydroxylation is 1. The fourth-order valence-electron chi connectivity index (χ4n) is 2.65. The predicted molar refractivity (Wildman–Crippen MR) is 88.5 cm³/mol. The molecular weight excluding hydrogens is 408 g/mol. The van der Waals surface area contributed by atoms with Crippen LogP contribution >= 0.6 is 0 Å². The first-order valence-electron chi connectivity index (χ1n) is 7.89. The van der Waals surface area contributed by atoms with Crippen LogP contribution in [0.4, 0.5) is 26.3 Å². The van der Waals surface area contributed by atoms with Crippen molar-refractivity contribution in [3.63, 3.8) is 0 Å². The number of fused-ring (bicyclic) bond motifs is 1. The van der Waals surface area contributed by atoms with Crippen LogP contribution in [-0.4, -0.2) is 20.5 Å². The number of halogens is 6. The summed E-state index contributed by atoms with van der Waals surface area (Å²) in [6, 6.07) is 6.02. The Bertz CT molecular complexity index is 1180. The summed E-state index contributed by atoms with van der Waals surface area (Å²) < 4.78 is 80.4. The van der Waals surface area contributed by atoms with E-state index in [0.717, 1.165) is 34.4 Å². The number of hydrogen-bond acceptors (Lipinski definition) is 4. The highest BCUT2D eigenvalue weighted by atomic mass is 19.4. The number of nitrogens with zero attached hydrogens (tertiary/aromatic N) is 3. The molecule has 0 saturated heterocycles. The minimum absolute atomic E-state index is 0.211. The van der Waals surface area contributed by atoms with Gasteiger partial charge in [-0.1, -0.05) is 12.1 Å². The third-order valence-corrected chi connectivity index (χ3v) is 3.97. The Morgan fingerprint density at radius 2 is 1.59 bits per heavy atom. The summed E-state index contributed by atoms with van der Waals surface area (Å²) >= 11 is 0. The maximum Gasteiger partial charge on any atom is 0.573 e. The molecule has 0 fully saturated rings. The molecule has 0 radical (unpaired) electrons. The molecule has 3 aromatic rings. The van der Waals surface area contributed by atoms with Gasteiger partial charge in [-0.15, -0.1) is 13.2 Å². The molecule has 12 heteroatoms. The van der Waals surface area contributed by atoms with Gasteiger partial charge in [0.15, 0.2) is 0 Å². The van der Waals surface area contributed by atoms with E-state index in [-0.39, 0.29) is 11.9 Å². The van der Waals surface area contributed by atoms with E-state index in [2.05, 4.69) is 9.72 Å². The first-order chi connectivity index (χ1) is 13.4. The van der Waals surface area contributed by atoms with Gasteiger partial charge in [0.25, 0.3) is 5.56 Å². The lowest BCUT2D eigenvalue weighted by atomic mass is 10.2. The van der Waals surface area contributed by atoms with Crippen LogP contribution in [0.15, 0.2) is 46.0 Å². The molecule has 0 saturated carbocycles. The molecule has 0 aliphatic heterocycles. The number of rotatable bonds is 3. The second kappa shape index (κ2) is 6.94. The maximum absolute atomic E-state index is 12.8. The second-order valence-electron chi connectivity index (χ2n) is 5.99. The SMILES string of the molecule is Cn1c(=O)n(Cc2ccc(OC(F)(F)F)cc2)c(=O)c2ccc(C(F)(F)F)nc21. The van der Waals surface area contributed by atoms with Crippen molar-refractivity contribution in [2.45, 2.75) is 19.1 Å². The third-order valence-electron chi connectivity index (χ3n) is 3.97. The Hall–Kier alpha value is -3.31. The van der Waals surface area contributed by atoms with E-state index >= 15 is 0 Å². The van der Waals surface area contributed by atoms with E-state index in [0.29, 0.717) is 11.6 Å². The van der Waals surface area contributed by atoms with Gasteiger partial charge in [-0.3, -0.25) is 13.9 Å². The lowest BCUT2D eigenvalue weighted by Crippen LogP contribution is -2.39. The van der Waals surface area contributed by atoms with Crippen molar-refractivity contribution < 1.29 is 31.1 Å². The van der Waals surface area contributed by atoms with Crippen molar-refractivity contribution in [2.24, 2.45) is 7.05 Å². The second-order valence-corrected chi connectivity index (χ2v) is 5.99. The molecule has 2 heterocycles. The molecule has 0 N–H and O–H groups in total. The number of benzene rings is 1. The molecule has 0 bridgehead atoms. The van der Waals surface area contributed by atoms with E-state index in [9.17, 15) is 35.9 Å². The predicted octanol–water partition coefficient (Wildman–Crippen LogP) is 3.06. The standard InChI is InChI=1S/C17H11F6N3O3/c1-25-13-11(6-7-12(24-13)16(18,19)20)14(27)26(15(25)28)8-9-2-4-10(5-3-9)29-17(21,22)23/h2-7H,8H2,1H3. The van der Waals surface area contributed by atoms with Gasteiger partial charge in [0.1, 0.15) is 17.1 Å². The van der Waals surface area contributed by atoms with Gasteiger partial charge >= 0.3 is 18.2 Å². The molecule has 6 nitrogen and oxygen atoms in total. The molecule has 0 aliphatic rings. The molecule has 0 unspecified atom stereocenters. The Morgan fingerprint density at radius 1 is 0.966 bits per heavy atom. The van der Waals surface area contributed by atoms with Crippen LogP contribution in [0.2, 0.25) is 0 Å².